The van der Waals surface area contributed by atoms with E-state index < -0.39 is 12.4 Å². The number of pyridine rings is 1. The maximum Gasteiger partial charge on any atom is 0.335 e. The molecule has 0 saturated heterocycles. The molecule has 4 rings (SSSR count). The lowest BCUT2D eigenvalue weighted by Gasteiger charge is -2.10. The lowest BCUT2D eigenvalue weighted by atomic mass is 10.1. The normalized spacial score (nSPS) is 11.4. The highest BCUT2D eigenvalue weighted by Gasteiger charge is 2.22. The van der Waals surface area contributed by atoms with E-state index in [-0.39, 0.29) is 27.2 Å². The number of carboxylic acids is 1. The number of aromatic carboxylic acids is 1. The van der Waals surface area contributed by atoms with Crippen molar-refractivity contribution in [1.82, 2.24) is 14.8 Å². The van der Waals surface area contributed by atoms with Crippen molar-refractivity contribution in [2.24, 2.45) is 0 Å². The number of hydrogen-bond donors (Lipinski definition) is 1. The van der Waals surface area contributed by atoms with E-state index in [0.717, 1.165) is 0 Å². The Kier molecular flexibility index (Phi) is 5.17. The van der Waals surface area contributed by atoms with Gasteiger partial charge in [-0.1, -0.05) is 29.3 Å². The molecule has 0 fully saturated rings. The molecule has 0 amide bonds. The van der Waals surface area contributed by atoms with E-state index >= 15 is 0 Å². The third kappa shape index (κ3) is 3.51. The van der Waals surface area contributed by atoms with Gasteiger partial charge in [-0.05, 0) is 49.4 Å². The molecular weight excluding hydrogens is 435 g/mol. The number of aryl methyl sites for hydroxylation is 1. The van der Waals surface area contributed by atoms with Crippen molar-refractivity contribution in [1.29, 1.82) is 0 Å². The third-order valence-corrected chi connectivity index (χ3v) is 5.39. The topological polar surface area (TPSA) is 68.0 Å². The van der Waals surface area contributed by atoms with Crippen molar-refractivity contribution in [3.8, 4) is 16.9 Å². The molecule has 5 nitrogen and oxygen atoms in total. The van der Waals surface area contributed by atoms with Crippen LogP contribution in [0, 0.1) is 6.92 Å². The Morgan fingerprint density at radius 3 is 2.37 bits per heavy atom. The molecule has 1 N–H and O–H groups in total. The molecule has 0 bridgehead atoms. The first kappa shape index (κ1) is 20.3. The Balaban J connectivity index is 1.97. The van der Waals surface area contributed by atoms with Gasteiger partial charge in [0, 0.05) is 11.1 Å². The number of carboxylic acid groups (broad SMARTS) is 1. The summed E-state index contributed by atoms with van der Waals surface area (Å²) in [4.78, 5) is 15.7. The summed E-state index contributed by atoms with van der Waals surface area (Å²) in [5.74, 6) is -1.07. The van der Waals surface area contributed by atoms with Crippen LogP contribution >= 0.6 is 23.2 Å². The Bertz CT molecular complexity index is 1290. The Hall–Kier alpha value is -3.03. The molecule has 152 valence electrons. The number of rotatable bonds is 4. The summed E-state index contributed by atoms with van der Waals surface area (Å²) in [5.41, 5.74) is 1.83. The number of benzene rings is 2. The third-order valence-electron chi connectivity index (χ3n) is 4.65. The fourth-order valence-corrected chi connectivity index (χ4v) is 3.52. The zero-order valence-electron chi connectivity index (χ0n) is 15.4. The average Bonchev–Trinajstić information content (AvgIpc) is 3.06. The predicted octanol–water partition coefficient (Wildman–Crippen LogP) is 6.34. The first-order chi connectivity index (χ1) is 14.3. The summed E-state index contributed by atoms with van der Waals surface area (Å²) in [5, 5.41) is 14.3. The van der Waals surface area contributed by atoms with Crippen LogP contribution in [0.4, 0.5) is 8.78 Å². The lowest BCUT2D eigenvalue weighted by Crippen LogP contribution is -2.01. The minimum absolute atomic E-state index is 0.102. The maximum atomic E-state index is 13.9. The van der Waals surface area contributed by atoms with E-state index in [0.29, 0.717) is 27.7 Å². The van der Waals surface area contributed by atoms with Crippen LogP contribution in [0.2, 0.25) is 10.0 Å². The van der Waals surface area contributed by atoms with Gasteiger partial charge in [0.25, 0.3) is 6.43 Å². The highest BCUT2D eigenvalue weighted by Crippen LogP contribution is 2.35. The van der Waals surface area contributed by atoms with Crippen LogP contribution in [0.15, 0.2) is 48.5 Å². The Morgan fingerprint density at radius 2 is 1.77 bits per heavy atom. The number of halogens is 4. The first-order valence-corrected chi connectivity index (χ1v) is 9.49. The second-order valence-corrected chi connectivity index (χ2v) is 7.39. The van der Waals surface area contributed by atoms with E-state index in [1.807, 2.05) is 0 Å². The zero-order chi connectivity index (χ0) is 21.6. The molecule has 4 aromatic rings. The summed E-state index contributed by atoms with van der Waals surface area (Å²) in [7, 11) is 0. The van der Waals surface area contributed by atoms with Gasteiger partial charge in [0.1, 0.15) is 0 Å². The minimum Gasteiger partial charge on any atom is -0.478 e. The molecule has 0 atom stereocenters. The lowest BCUT2D eigenvalue weighted by molar-refractivity contribution is 0.0697. The summed E-state index contributed by atoms with van der Waals surface area (Å²) in [6, 6.07) is 12.0. The van der Waals surface area contributed by atoms with Crippen molar-refractivity contribution in [3.63, 3.8) is 0 Å². The van der Waals surface area contributed by atoms with Gasteiger partial charge in [-0.3, -0.25) is 0 Å². The molecule has 2 aromatic heterocycles. The van der Waals surface area contributed by atoms with Gasteiger partial charge in [-0.25, -0.2) is 23.2 Å². The van der Waals surface area contributed by atoms with Gasteiger partial charge in [0.2, 0.25) is 0 Å². The van der Waals surface area contributed by atoms with Crippen molar-refractivity contribution in [2.75, 3.05) is 0 Å². The van der Waals surface area contributed by atoms with E-state index in [1.54, 1.807) is 37.3 Å². The summed E-state index contributed by atoms with van der Waals surface area (Å²) in [6.07, 6.45) is -2.75. The smallest absolute Gasteiger partial charge is 0.335 e. The molecule has 9 heteroatoms. The quantitative estimate of drug-likeness (QED) is 0.396. The molecule has 0 aliphatic carbocycles. The van der Waals surface area contributed by atoms with Crippen molar-refractivity contribution >= 4 is 40.2 Å². The molecular formula is C21H13Cl2F2N3O2. The second-order valence-electron chi connectivity index (χ2n) is 6.57. The summed E-state index contributed by atoms with van der Waals surface area (Å²) >= 11 is 12.0. The SMILES string of the molecule is Cc1nn(-c2ccc(C(=O)O)cc2)c2nc(-c3ccc(Cl)c(Cl)c3)cc(C(F)F)c12. The Morgan fingerprint density at radius 1 is 1.07 bits per heavy atom. The fourth-order valence-electron chi connectivity index (χ4n) is 3.22. The molecule has 0 unspecified atom stereocenters. The van der Waals surface area contributed by atoms with Crippen molar-refractivity contribution < 1.29 is 18.7 Å². The van der Waals surface area contributed by atoms with Crippen LogP contribution in [0.25, 0.3) is 28.0 Å². The highest BCUT2D eigenvalue weighted by atomic mass is 35.5. The zero-order valence-corrected chi connectivity index (χ0v) is 16.9. The van der Waals surface area contributed by atoms with E-state index in [2.05, 4.69) is 10.1 Å². The van der Waals surface area contributed by atoms with Crippen LogP contribution in [0.3, 0.4) is 0 Å². The fraction of sp³-hybridized carbons (Fsp3) is 0.0952. The van der Waals surface area contributed by atoms with Crippen molar-refractivity contribution in [2.45, 2.75) is 13.3 Å². The van der Waals surface area contributed by atoms with Gasteiger partial charge >= 0.3 is 5.97 Å². The van der Waals surface area contributed by atoms with Crippen LogP contribution in [-0.4, -0.2) is 25.8 Å². The first-order valence-electron chi connectivity index (χ1n) is 8.74. The highest BCUT2D eigenvalue weighted by molar-refractivity contribution is 6.42. The van der Waals surface area contributed by atoms with Gasteiger partial charge in [-0.15, -0.1) is 0 Å². The summed E-state index contributed by atoms with van der Waals surface area (Å²) < 4.78 is 29.2. The van der Waals surface area contributed by atoms with Gasteiger partial charge in [-0.2, -0.15) is 5.10 Å². The largest absolute Gasteiger partial charge is 0.478 e. The van der Waals surface area contributed by atoms with Crippen LogP contribution in [0.5, 0.6) is 0 Å². The van der Waals surface area contributed by atoms with Crippen LogP contribution < -0.4 is 0 Å². The molecule has 0 spiro atoms. The van der Waals surface area contributed by atoms with Crippen LogP contribution in [0.1, 0.15) is 28.0 Å². The summed E-state index contributed by atoms with van der Waals surface area (Å²) in [6.45, 7) is 1.62. The average molecular weight is 448 g/mol. The van der Waals surface area contributed by atoms with Gasteiger partial charge in [0.05, 0.1) is 38.1 Å². The molecule has 2 aromatic carbocycles. The Labute approximate surface area is 179 Å². The molecule has 2 heterocycles. The minimum atomic E-state index is -2.75. The monoisotopic (exact) mass is 447 g/mol. The molecule has 0 aliphatic rings. The second kappa shape index (κ2) is 7.66. The maximum absolute atomic E-state index is 13.9. The van der Waals surface area contributed by atoms with E-state index in [9.17, 15) is 13.6 Å². The molecule has 0 aliphatic heterocycles. The number of alkyl halides is 2. The molecule has 0 radical (unpaired) electrons. The number of hydrogen-bond acceptors (Lipinski definition) is 3. The molecule has 30 heavy (non-hydrogen) atoms. The van der Waals surface area contributed by atoms with E-state index in [1.165, 1.54) is 22.9 Å². The predicted molar refractivity (Wildman–Crippen MR) is 111 cm³/mol. The van der Waals surface area contributed by atoms with Gasteiger partial charge < -0.3 is 5.11 Å². The van der Waals surface area contributed by atoms with Crippen LogP contribution in [-0.2, 0) is 0 Å². The van der Waals surface area contributed by atoms with Crippen molar-refractivity contribution in [3.05, 3.63) is 75.4 Å². The number of carbonyl (C=O) groups is 1. The van der Waals surface area contributed by atoms with E-state index in [4.69, 9.17) is 28.3 Å². The number of fused-ring (bicyclic) bond motifs is 1. The molecule has 0 saturated carbocycles. The number of nitrogens with zero attached hydrogens (tertiary/aromatic N) is 3. The van der Waals surface area contributed by atoms with Gasteiger partial charge in [0.15, 0.2) is 5.65 Å². The number of aromatic nitrogens is 3. The standard InChI is InChI=1S/C21H13Cl2F2N3O2/c1-10-18-14(19(24)25)9-17(12-4-7-15(22)16(23)8-12)26-20(18)28(27-10)13-5-2-11(3-6-13)21(29)30/h2-9,19H,1H3,(H,29,30).